The summed E-state index contributed by atoms with van der Waals surface area (Å²) in [5.74, 6) is -0.0830. The monoisotopic (exact) mass is 235 g/mol. The van der Waals surface area contributed by atoms with Crippen molar-refractivity contribution in [1.82, 2.24) is 9.88 Å². The summed E-state index contributed by atoms with van der Waals surface area (Å²) in [6.45, 7) is 1.41. The van der Waals surface area contributed by atoms with Crippen LogP contribution in [0.15, 0.2) is 18.5 Å². The molecule has 1 aliphatic heterocycles. The molecule has 1 fully saturated rings. The predicted molar refractivity (Wildman–Crippen MR) is 64.6 cm³/mol. The summed E-state index contributed by atoms with van der Waals surface area (Å²) in [5, 5.41) is 0. The summed E-state index contributed by atoms with van der Waals surface area (Å²) in [5.41, 5.74) is 6.64. The first-order chi connectivity index (χ1) is 8.18. The van der Waals surface area contributed by atoms with Crippen molar-refractivity contribution in [2.75, 3.05) is 25.9 Å². The Hall–Kier alpha value is -1.62. The van der Waals surface area contributed by atoms with Crippen molar-refractivity contribution in [1.29, 1.82) is 0 Å². The van der Waals surface area contributed by atoms with Crippen LogP contribution in [-0.2, 0) is 4.74 Å². The van der Waals surface area contributed by atoms with Gasteiger partial charge in [-0.1, -0.05) is 0 Å². The molecule has 5 nitrogen and oxygen atoms in total. The van der Waals surface area contributed by atoms with Gasteiger partial charge in [-0.2, -0.15) is 0 Å². The molecule has 5 heteroatoms. The third-order valence-electron chi connectivity index (χ3n) is 2.93. The molecule has 1 atom stereocenters. The number of likely N-dealkylation sites (N-methyl/N-ethyl adjacent to an activating group) is 1. The highest BCUT2D eigenvalue weighted by atomic mass is 16.5. The lowest BCUT2D eigenvalue weighted by Crippen LogP contribution is -2.34. The smallest absolute Gasteiger partial charge is 0.255 e. The van der Waals surface area contributed by atoms with Crippen molar-refractivity contribution >= 4 is 11.6 Å². The SMILES string of the molecule is CN(CC1CCCO1)C(=O)c1ccncc1N. The van der Waals surface area contributed by atoms with Crippen LogP contribution in [-0.4, -0.2) is 42.1 Å². The Balaban J connectivity index is 2.01. The van der Waals surface area contributed by atoms with E-state index in [0.29, 0.717) is 17.8 Å². The number of aromatic nitrogens is 1. The number of carbonyl (C=O) groups excluding carboxylic acids is 1. The van der Waals surface area contributed by atoms with Gasteiger partial charge in [-0.3, -0.25) is 9.78 Å². The largest absolute Gasteiger partial charge is 0.397 e. The summed E-state index contributed by atoms with van der Waals surface area (Å²) in [6, 6.07) is 1.64. The summed E-state index contributed by atoms with van der Waals surface area (Å²) in [4.78, 5) is 17.6. The Morgan fingerprint density at radius 2 is 2.53 bits per heavy atom. The van der Waals surface area contributed by atoms with Crippen molar-refractivity contribution in [3.8, 4) is 0 Å². The van der Waals surface area contributed by atoms with Gasteiger partial charge in [0.2, 0.25) is 0 Å². The van der Waals surface area contributed by atoms with E-state index in [-0.39, 0.29) is 12.0 Å². The lowest BCUT2D eigenvalue weighted by Gasteiger charge is -2.21. The topological polar surface area (TPSA) is 68.5 Å². The molecule has 1 unspecified atom stereocenters. The second-order valence-corrected chi connectivity index (χ2v) is 4.28. The maximum Gasteiger partial charge on any atom is 0.255 e. The molecule has 0 saturated carbocycles. The van der Waals surface area contributed by atoms with Crippen molar-refractivity contribution in [3.05, 3.63) is 24.0 Å². The second kappa shape index (κ2) is 5.14. The van der Waals surface area contributed by atoms with E-state index in [9.17, 15) is 4.79 Å². The number of ether oxygens (including phenoxy) is 1. The van der Waals surface area contributed by atoms with Crippen LogP contribution in [0.25, 0.3) is 0 Å². The number of nitrogens with two attached hydrogens (primary N) is 1. The molecular formula is C12H17N3O2. The van der Waals surface area contributed by atoms with Gasteiger partial charge in [-0.05, 0) is 18.9 Å². The summed E-state index contributed by atoms with van der Waals surface area (Å²) in [7, 11) is 1.77. The molecule has 1 aromatic rings. The molecule has 1 aromatic heterocycles. The van der Waals surface area contributed by atoms with E-state index >= 15 is 0 Å². The van der Waals surface area contributed by atoms with Crippen molar-refractivity contribution in [2.24, 2.45) is 0 Å². The standard InChI is InChI=1S/C12H17N3O2/c1-15(8-9-3-2-6-17-9)12(16)10-4-5-14-7-11(10)13/h4-5,7,9H,2-3,6,8,13H2,1H3. The Kier molecular flexibility index (Phi) is 3.58. The number of nitrogen functional groups attached to an aromatic ring is 1. The van der Waals surface area contributed by atoms with Crippen molar-refractivity contribution in [3.63, 3.8) is 0 Å². The predicted octanol–water partition coefficient (Wildman–Crippen LogP) is 0.915. The molecule has 2 N–H and O–H groups in total. The zero-order valence-corrected chi connectivity index (χ0v) is 9.93. The first-order valence-electron chi connectivity index (χ1n) is 5.75. The number of carbonyl (C=O) groups is 1. The number of pyridine rings is 1. The number of anilines is 1. The van der Waals surface area contributed by atoms with Gasteiger partial charge >= 0.3 is 0 Å². The molecule has 17 heavy (non-hydrogen) atoms. The Morgan fingerprint density at radius 1 is 1.71 bits per heavy atom. The first-order valence-corrected chi connectivity index (χ1v) is 5.75. The fraction of sp³-hybridized carbons (Fsp3) is 0.500. The molecule has 0 aromatic carbocycles. The highest BCUT2D eigenvalue weighted by Gasteiger charge is 2.21. The van der Waals surface area contributed by atoms with Crippen LogP contribution < -0.4 is 5.73 Å². The second-order valence-electron chi connectivity index (χ2n) is 4.28. The number of hydrogen-bond donors (Lipinski definition) is 1. The number of hydrogen-bond acceptors (Lipinski definition) is 4. The zero-order chi connectivity index (χ0) is 12.3. The van der Waals surface area contributed by atoms with E-state index in [1.54, 1.807) is 24.2 Å². The summed E-state index contributed by atoms with van der Waals surface area (Å²) >= 11 is 0. The number of rotatable bonds is 3. The van der Waals surface area contributed by atoms with E-state index in [1.807, 2.05) is 0 Å². The van der Waals surface area contributed by atoms with Crippen molar-refractivity contribution < 1.29 is 9.53 Å². The minimum Gasteiger partial charge on any atom is -0.397 e. The molecule has 1 amide bonds. The van der Waals surface area contributed by atoms with Crippen LogP contribution in [0.5, 0.6) is 0 Å². The summed E-state index contributed by atoms with van der Waals surface area (Å²) in [6.07, 6.45) is 5.32. The van der Waals surface area contributed by atoms with Crippen LogP contribution in [0.1, 0.15) is 23.2 Å². The van der Waals surface area contributed by atoms with Gasteiger partial charge in [-0.25, -0.2) is 0 Å². The van der Waals surface area contributed by atoms with Crippen LogP contribution >= 0.6 is 0 Å². The maximum absolute atomic E-state index is 12.1. The van der Waals surface area contributed by atoms with Gasteiger partial charge in [-0.15, -0.1) is 0 Å². The fourth-order valence-corrected chi connectivity index (χ4v) is 1.98. The molecule has 1 saturated heterocycles. The van der Waals surface area contributed by atoms with Crippen LogP contribution in [0.2, 0.25) is 0 Å². The highest BCUT2D eigenvalue weighted by Crippen LogP contribution is 2.16. The maximum atomic E-state index is 12.1. The van der Waals surface area contributed by atoms with Crippen molar-refractivity contribution in [2.45, 2.75) is 18.9 Å². The number of amides is 1. The summed E-state index contributed by atoms with van der Waals surface area (Å²) < 4.78 is 5.50. The lowest BCUT2D eigenvalue weighted by molar-refractivity contribution is 0.0588. The molecule has 0 radical (unpaired) electrons. The Labute approximate surface area is 101 Å². The fourth-order valence-electron chi connectivity index (χ4n) is 1.98. The van der Waals surface area contributed by atoms with Gasteiger partial charge < -0.3 is 15.4 Å². The third-order valence-corrected chi connectivity index (χ3v) is 2.93. The van der Waals surface area contributed by atoms with Gasteiger partial charge in [0.1, 0.15) is 0 Å². The van der Waals surface area contributed by atoms with E-state index in [0.717, 1.165) is 19.4 Å². The van der Waals surface area contributed by atoms with Gasteiger partial charge in [0.05, 0.1) is 23.6 Å². The average Bonchev–Trinajstić information content (AvgIpc) is 2.81. The van der Waals surface area contributed by atoms with Gasteiger partial charge in [0.25, 0.3) is 5.91 Å². The Morgan fingerprint density at radius 3 is 3.18 bits per heavy atom. The molecule has 2 heterocycles. The Bertz CT molecular complexity index is 402. The molecule has 92 valence electrons. The average molecular weight is 235 g/mol. The van der Waals surface area contributed by atoms with E-state index < -0.39 is 0 Å². The first kappa shape index (κ1) is 11.9. The quantitative estimate of drug-likeness (QED) is 0.845. The molecule has 0 aliphatic carbocycles. The molecule has 0 bridgehead atoms. The zero-order valence-electron chi connectivity index (χ0n) is 9.93. The molecule has 1 aliphatic rings. The van der Waals surface area contributed by atoms with E-state index in [4.69, 9.17) is 10.5 Å². The van der Waals surface area contributed by atoms with E-state index in [1.165, 1.54) is 6.20 Å². The lowest BCUT2D eigenvalue weighted by atomic mass is 10.2. The minimum absolute atomic E-state index is 0.0830. The van der Waals surface area contributed by atoms with Gasteiger partial charge in [0, 0.05) is 26.4 Å². The highest BCUT2D eigenvalue weighted by molar-refractivity contribution is 5.98. The normalized spacial score (nSPS) is 19.2. The minimum atomic E-state index is -0.0830. The van der Waals surface area contributed by atoms with E-state index in [2.05, 4.69) is 4.98 Å². The molecular weight excluding hydrogens is 218 g/mol. The van der Waals surface area contributed by atoms with Gasteiger partial charge in [0.15, 0.2) is 0 Å². The molecule has 2 rings (SSSR count). The third kappa shape index (κ3) is 2.74. The molecule has 0 spiro atoms. The van der Waals surface area contributed by atoms with Crippen LogP contribution in [0.3, 0.4) is 0 Å². The number of nitrogens with zero attached hydrogens (tertiary/aromatic N) is 2. The van der Waals surface area contributed by atoms with Crippen LogP contribution in [0.4, 0.5) is 5.69 Å². The van der Waals surface area contributed by atoms with Crippen LogP contribution in [0, 0.1) is 0 Å².